The van der Waals surface area contributed by atoms with E-state index in [1.807, 2.05) is 26.8 Å². The van der Waals surface area contributed by atoms with Gasteiger partial charge >= 0.3 is 11.8 Å². The standard InChI is InChI=1S/C29H30N4O5/c1-29(2,3)38-28(37)32-15-9-10-18(17-32)21-16-22(20-13-7-8-14-23(20)34)30-25-24(21)26(35)33(27(36)31-25)19-11-5-4-6-12-19/h4-8,11-14,16,18,34H,9-10,15,17H2,1-3H3,(H,30,31,36). The Balaban J connectivity index is 1.70. The van der Waals surface area contributed by atoms with E-state index in [2.05, 4.69) is 9.97 Å². The largest absolute Gasteiger partial charge is 0.507 e. The van der Waals surface area contributed by atoms with E-state index >= 15 is 0 Å². The van der Waals surface area contributed by atoms with Gasteiger partial charge in [-0.1, -0.05) is 30.3 Å². The van der Waals surface area contributed by atoms with Crippen LogP contribution in [0.3, 0.4) is 0 Å². The van der Waals surface area contributed by atoms with Gasteiger partial charge in [-0.05, 0) is 69.5 Å². The number of aromatic amines is 1. The molecule has 0 aliphatic carbocycles. The predicted octanol–water partition coefficient (Wildman–Crippen LogP) is 4.56. The first-order chi connectivity index (χ1) is 18.1. The maximum atomic E-state index is 13.9. The van der Waals surface area contributed by atoms with Crippen molar-refractivity contribution in [1.82, 2.24) is 19.4 Å². The molecule has 4 aromatic rings. The summed E-state index contributed by atoms with van der Waals surface area (Å²) in [7, 11) is 0. The molecule has 1 amide bonds. The summed E-state index contributed by atoms with van der Waals surface area (Å²) in [4.78, 5) is 48.9. The number of nitrogens with zero attached hydrogens (tertiary/aromatic N) is 3. The lowest BCUT2D eigenvalue weighted by Gasteiger charge is -2.34. The normalized spacial score (nSPS) is 16.0. The van der Waals surface area contributed by atoms with E-state index in [1.54, 1.807) is 59.5 Å². The molecule has 38 heavy (non-hydrogen) atoms. The number of hydrogen-bond acceptors (Lipinski definition) is 6. The van der Waals surface area contributed by atoms with Crippen LogP contribution in [0.5, 0.6) is 5.75 Å². The van der Waals surface area contributed by atoms with E-state index in [-0.39, 0.29) is 22.7 Å². The van der Waals surface area contributed by atoms with E-state index in [4.69, 9.17) is 4.74 Å². The average molecular weight is 515 g/mol. The molecule has 5 rings (SSSR count). The first-order valence-electron chi connectivity index (χ1n) is 12.6. The molecular weight excluding hydrogens is 484 g/mol. The number of amides is 1. The summed E-state index contributed by atoms with van der Waals surface area (Å²) < 4.78 is 6.70. The van der Waals surface area contributed by atoms with Gasteiger partial charge in [0.05, 0.1) is 16.8 Å². The number of rotatable bonds is 3. The molecular formula is C29H30N4O5. The molecule has 0 bridgehead atoms. The van der Waals surface area contributed by atoms with Gasteiger partial charge in [0.2, 0.25) is 0 Å². The van der Waals surface area contributed by atoms with Crippen LogP contribution in [0, 0.1) is 0 Å². The monoisotopic (exact) mass is 514 g/mol. The van der Waals surface area contributed by atoms with Gasteiger partial charge in [-0.15, -0.1) is 0 Å². The van der Waals surface area contributed by atoms with Crippen LogP contribution in [0.25, 0.3) is 28.0 Å². The third-order valence-corrected chi connectivity index (χ3v) is 6.60. The van der Waals surface area contributed by atoms with E-state index in [1.165, 1.54) is 0 Å². The molecule has 1 saturated heterocycles. The Hall–Kier alpha value is -4.40. The van der Waals surface area contributed by atoms with Crippen LogP contribution in [-0.2, 0) is 4.74 Å². The summed E-state index contributed by atoms with van der Waals surface area (Å²) in [6.07, 6.45) is 1.04. The van der Waals surface area contributed by atoms with Gasteiger partial charge in [-0.25, -0.2) is 19.1 Å². The highest BCUT2D eigenvalue weighted by Gasteiger charge is 2.31. The highest BCUT2D eigenvalue weighted by Crippen LogP contribution is 2.35. The second kappa shape index (κ2) is 9.81. The fourth-order valence-corrected chi connectivity index (χ4v) is 4.93. The summed E-state index contributed by atoms with van der Waals surface area (Å²) in [5.41, 5.74) is 0.404. The highest BCUT2D eigenvalue weighted by atomic mass is 16.6. The number of ether oxygens (including phenoxy) is 1. The molecule has 9 nitrogen and oxygen atoms in total. The fraction of sp³-hybridized carbons (Fsp3) is 0.310. The van der Waals surface area contributed by atoms with Crippen molar-refractivity contribution in [2.75, 3.05) is 13.1 Å². The number of para-hydroxylation sites is 2. The van der Waals surface area contributed by atoms with Gasteiger partial charge < -0.3 is 14.7 Å². The lowest BCUT2D eigenvalue weighted by Crippen LogP contribution is -2.42. The van der Waals surface area contributed by atoms with Crippen molar-refractivity contribution >= 4 is 17.1 Å². The Morgan fingerprint density at radius 1 is 1.08 bits per heavy atom. The van der Waals surface area contributed by atoms with E-state index in [9.17, 15) is 19.5 Å². The summed E-state index contributed by atoms with van der Waals surface area (Å²) in [5, 5.41) is 10.8. The zero-order chi connectivity index (χ0) is 27.0. The third-order valence-electron chi connectivity index (χ3n) is 6.60. The van der Waals surface area contributed by atoms with Gasteiger partial charge in [-0.3, -0.25) is 9.78 Å². The number of carbonyl (C=O) groups is 1. The lowest BCUT2D eigenvalue weighted by atomic mass is 9.88. The van der Waals surface area contributed by atoms with Crippen LogP contribution in [0.15, 0.2) is 70.3 Å². The van der Waals surface area contributed by atoms with Gasteiger partial charge in [0.1, 0.15) is 17.0 Å². The van der Waals surface area contributed by atoms with Crippen LogP contribution < -0.4 is 11.2 Å². The van der Waals surface area contributed by atoms with Crippen molar-refractivity contribution in [2.24, 2.45) is 0 Å². The average Bonchev–Trinajstić information content (AvgIpc) is 2.88. The Morgan fingerprint density at radius 2 is 1.79 bits per heavy atom. The summed E-state index contributed by atoms with van der Waals surface area (Å²) in [5.74, 6) is -0.182. The smallest absolute Gasteiger partial charge is 0.410 e. The second-order valence-corrected chi connectivity index (χ2v) is 10.5. The number of hydrogen-bond donors (Lipinski definition) is 2. The first kappa shape index (κ1) is 25.3. The van der Waals surface area contributed by atoms with E-state index < -0.39 is 22.9 Å². The number of likely N-dealkylation sites (tertiary alicyclic amines) is 1. The Bertz CT molecular complexity index is 1620. The number of aromatic hydroxyl groups is 1. The summed E-state index contributed by atoms with van der Waals surface area (Å²) in [6, 6.07) is 17.3. The first-order valence-corrected chi connectivity index (χ1v) is 12.6. The predicted molar refractivity (Wildman–Crippen MR) is 145 cm³/mol. The number of fused-ring (bicyclic) bond motifs is 1. The molecule has 1 fully saturated rings. The number of phenols is 1. The zero-order valence-electron chi connectivity index (χ0n) is 21.6. The molecule has 1 aliphatic heterocycles. The number of aromatic nitrogens is 3. The molecule has 2 aromatic carbocycles. The number of phenolic OH excluding ortho intramolecular Hbond substituents is 1. The quantitative estimate of drug-likeness (QED) is 0.414. The molecule has 9 heteroatoms. The fourth-order valence-electron chi connectivity index (χ4n) is 4.93. The molecule has 1 unspecified atom stereocenters. The summed E-state index contributed by atoms with van der Waals surface area (Å²) >= 11 is 0. The number of nitrogens with one attached hydrogen (secondary N) is 1. The van der Waals surface area contributed by atoms with Crippen molar-refractivity contribution in [2.45, 2.75) is 45.1 Å². The van der Waals surface area contributed by atoms with Crippen molar-refractivity contribution < 1.29 is 14.6 Å². The minimum Gasteiger partial charge on any atom is -0.507 e. The second-order valence-electron chi connectivity index (χ2n) is 10.5. The maximum Gasteiger partial charge on any atom is 0.410 e. The Kier molecular flexibility index (Phi) is 6.52. The van der Waals surface area contributed by atoms with Crippen molar-refractivity contribution in [3.05, 3.63) is 87.1 Å². The number of benzene rings is 2. The van der Waals surface area contributed by atoms with Gasteiger partial charge in [0.15, 0.2) is 0 Å². The SMILES string of the molecule is CC(C)(C)OC(=O)N1CCCC(c2cc(-c3ccccc3O)nc3[nH]c(=O)n(-c4ccccc4)c(=O)c23)C1. The maximum absolute atomic E-state index is 13.9. The van der Waals surface area contributed by atoms with Crippen molar-refractivity contribution in [1.29, 1.82) is 0 Å². The zero-order valence-corrected chi connectivity index (χ0v) is 21.6. The van der Waals surface area contributed by atoms with Crippen LogP contribution in [0.1, 0.15) is 45.1 Å². The van der Waals surface area contributed by atoms with Gasteiger partial charge in [0.25, 0.3) is 5.56 Å². The van der Waals surface area contributed by atoms with Gasteiger partial charge in [0, 0.05) is 24.6 Å². The van der Waals surface area contributed by atoms with Crippen molar-refractivity contribution in [3.8, 4) is 22.7 Å². The minimum atomic E-state index is -0.631. The van der Waals surface area contributed by atoms with Crippen LogP contribution in [-0.4, -0.2) is 49.3 Å². The molecule has 0 radical (unpaired) electrons. The molecule has 2 N–H and O–H groups in total. The Morgan fingerprint density at radius 3 is 2.50 bits per heavy atom. The Labute approximate surface area is 219 Å². The third kappa shape index (κ3) is 4.91. The topological polar surface area (TPSA) is 118 Å². The van der Waals surface area contributed by atoms with Gasteiger partial charge in [-0.2, -0.15) is 0 Å². The van der Waals surface area contributed by atoms with E-state index in [0.29, 0.717) is 35.6 Å². The number of carbonyl (C=O) groups excluding carboxylic acids is 1. The molecule has 1 atom stereocenters. The minimum absolute atomic E-state index is 0.0318. The molecule has 0 spiro atoms. The molecule has 1 aliphatic rings. The molecule has 2 aromatic heterocycles. The van der Waals surface area contributed by atoms with Crippen molar-refractivity contribution in [3.63, 3.8) is 0 Å². The lowest BCUT2D eigenvalue weighted by molar-refractivity contribution is 0.0198. The highest BCUT2D eigenvalue weighted by molar-refractivity contribution is 5.83. The van der Waals surface area contributed by atoms with Crippen LogP contribution in [0.2, 0.25) is 0 Å². The van der Waals surface area contributed by atoms with Crippen LogP contribution >= 0.6 is 0 Å². The van der Waals surface area contributed by atoms with E-state index in [0.717, 1.165) is 17.4 Å². The molecule has 0 saturated carbocycles. The number of H-pyrrole nitrogens is 1. The number of pyridine rings is 1. The molecule has 196 valence electrons. The van der Waals surface area contributed by atoms with Crippen LogP contribution in [0.4, 0.5) is 4.79 Å². The molecule has 3 heterocycles. The number of piperidine rings is 1. The summed E-state index contributed by atoms with van der Waals surface area (Å²) in [6.45, 7) is 6.36.